The number of nitrogens with zero attached hydrogens (tertiary/aromatic N) is 3. The molecule has 2 aromatic heterocycles. The zero-order valence-electron chi connectivity index (χ0n) is 16.0. The minimum atomic E-state index is -0.148. The van der Waals surface area contributed by atoms with E-state index in [0.717, 1.165) is 18.5 Å². The van der Waals surface area contributed by atoms with Crippen molar-refractivity contribution in [2.75, 3.05) is 5.32 Å². The fourth-order valence-corrected chi connectivity index (χ4v) is 3.99. The Morgan fingerprint density at radius 3 is 2.64 bits per heavy atom. The van der Waals surface area contributed by atoms with Crippen LogP contribution in [0.25, 0.3) is 16.7 Å². The van der Waals surface area contributed by atoms with Gasteiger partial charge in [0, 0.05) is 18.3 Å². The summed E-state index contributed by atoms with van der Waals surface area (Å²) in [5, 5.41) is 3.46. The molecule has 3 aromatic rings. The molecule has 28 heavy (non-hydrogen) atoms. The first kappa shape index (κ1) is 18.3. The van der Waals surface area contributed by atoms with Gasteiger partial charge in [-0.2, -0.15) is 0 Å². The Hall–Kier alpha value is -3.02. The fourth-order valence-electron chi connectivity index (χ4n) is 3.99. The maximum absolute atomic E-state index is 12.8. The van der Waals surface area contributed by atoms with E-state index in [1.165, 1.54) is 19.3 Å². The van der Waals surface area contributed by atoms with Crippen LogP contribution in [-0.4, -0.2) is 20.4 Å². The van der Waals surface area contributed by atoms with Crippen molar-refractivity contribution in [1.29, 1.82) is 0 Å². The van der Waals surface area contributed by atoms with Gasteiger partial charge in [0.1, 0.15) is 5.82 Å². The van der Waals surface area contributed by atoms with E-state index in [1.807, 2.05) is 24.3 Å². The van der Waals surface area contributed by atoms with E-state index in [0.29, 0.717) is 34.9 Å². The molecule has 1 aliphatic carbocycles. The summed E-state index contributed by atoms with van der Waals surface area (Å²) in [6.45, 7) is 1.79. The van der Waals surface area contributed by atoms with Crippen LogP contribution in [0.4, 0.5) is 5.69 Å². The molecular weight excluding hydrogens is 352 g/mol. The largest absolute Gasteiger partial charge is 0.326 e. The zero-order valence-corrected chi connectivity index (χ0v) is 16.0. The molecule has 1 amide bonds. The highest BCUT2D eigenvalue weighted by Crippen LogP contribution is 2.26. The summed E-state index contributed by atoms with van der Waals surface area (Å²) in [6, 6.07) is 10.8. The second-order valence-electron chi connectivity index (χ2n) is 7.48. The van der Waals surface area contributed by atoms with Crippen molar-refractivity contribution in [3.8, 4) is 5.69 Å². The Morgan fingerprint density at radius 2 is 1.89 bits per heavy atom. The molecule has 0 radical (unpaired) electrons. The molecular formula is C22H24N4O2. The summed E-state index contributed by atoms with van der Waals surface area (Å²) in [4.78, 5) is 33.7. The monoisotopic (exact) mass is 376 g/mol. The lowest BCUT2D eigenvalue weighted by Gasteiger charge is -2.20. The zero-order chi connectivity index (χ0) is 19.5. The van der Waals surface area contributed by atoms with E-state index in [2.05, 4.69) is 15.3 Å². The lowest BCUT2D eigenvalue weighted by atomic mass is 9.87. The molecule has 144 valence electrons. The fraction of sp³-hybridized carbons (Fsp3) is 0.364. The quantitative estimate of drug-likeness (QED) is 0.747. The first-order chi connectivity index (χ1) is 13.6. The smallest absolute Gasteiger partial charge is 0.267 e. The number of aryl methyl sites for hydroxylation is 1. The van der Waals surface area contributed by atoms with Crippen LogP contribution in [0.3, 0.4) is 0 Å². The Bertz CT molecular complexity index is 1050. The van der Waals surface area contributed by atoms with Crippen LogP contribution in [-0.2, 0) is 4.79 Å². The summed E-state index contributed by atoms with van der Waals surface area (Å²) in [5.74, 6) is 1.14. The minimum absolute atomic E-state index is 0.0615. The summed E-state index contributed by atoms with van der Waals surface area (Å²) in [5.41, 5.74) is 1.76. The second kappa shape index (κ2) is 7.92. The van der Waals surface area contributed by atoms with Gasteiger partial charge in [0.15, 0.2) is 5.65 Å². The lowest BCUT2D eigenvalue weighted by molar-refractivity contribution is -0.117. The van der Waals surface area contributed by atoms with Crippen LogP contribution in [0.15, 0.2) is 47.4 Å². The number of nitrogens with one attached hydrogen (secondary N) is 1. The van der Waals surface area contributed by atoms with Crippen LogP contribution in [0.2, 0.25) is 0 Å². The third kappa shape index (κ3) is 3.81. The SMILES string of the molecule is Cc1nc2ncccc2c(=O)n1-c1ccc(NC(=O)CC2CCCCC2)cc1. The predicted molar refractivity (Wildman–Crippen MR) is 110 cm³/mol. The van der Waals surface area contributed by atoms with Crippen molar-refractivity contribution in [3.63, 3.8) is 0 Å². The second-order valence-corrected chi connectivity index (χ2v) is 7.48. The highest BCUT2D eigenvalue weighted by molar-refractivity contribution is 5.91. The topological polar surface area (TPSA) is 76.9 Å². The van der Waals surface area contributed by atoms with Gasteiger partial charge in [-0.1, -0.05) is 19.3 Å². The molecule has 1 aliphatic rings. The summed E-state index contributed by atoms with van der Waals surface area (Å²) < 4.78 is 1.57. The van der Waals surface area contributed by atoms with E-state index in [4.69, 9.17) is 0 Å². The molecule has 4 rings (SSSR count). The van der Waals surface area contributed by atoms with Gasteiger partial charge in [-0.15, -0.1) is 0 Å². The van der Waals surface area contributed by atoms with Crippen molar-refractivity contribution in [1.82, 2.24) is 14.5 Å². The molecule has 0 atom stereocenters. The number of amides is 1. The maximum atomic E-state index is 12.8. The number of hydrogen-bond donors (Lipinski definition) is 1. The first-order valence-electron chi connectivity index (χ1n) is 9.86. The van der Waals surface area contributed by atoms with Gasteiger partial charge in [-0.05, 0) is 62.1 Å². The Labute approximate surface area is 163 Å². The number of carbonyl (C=O) groups is 1. The number of carbonyl (C=O) groups excluding carboxylic acids is 1. The van der Waals surface area contributed by atoms with Gasteiger partial charge in [0.05, 0.1) is 11.1 Å². The normalized spacial score (nSPS) is 14.9. The molecule has 6 heteroatoms. The summed E-state index contributed by atoms with van der Waals surface area (Å²) in [7, 11) is 0. The number of aromatic nitrogens is 3. The van der Waals surface area contributed by atoms with Crippen LogP contribution < -0.4 is 10.9 Å². The Balaban J connectivity index is 1.53. The van der Waals surface area contributed by atoms with E-state index < -0.39 is 0 Å². The third-order valence-corrected chi connectivity index (χ3v) is 5.42. The van der Waals surface area contributed by atoms with Crippen LogP contribution in [0.1, 0.15) is 44.3 Å². The molecule has 6 nitrogen and oxygen atoms in total. The van der Waals surface area contributed by atoms with Gasteiger partial charge in [-0.25, -0.2) is 9.97 Å². The number of benzene rings is 1. The first-order valence-corrected chi connectivity index (χ1v) is 9.86. The van der Waals surface area contributed by atoms with Crippen LogP contribution in [0.5, 0.6) is 0 Å². The van der Waals surface area contributed by atoms with Gasteiger partial charge in [0.2, 0.25) is 5.91 Å². The molecule has 1 fully saturated rings. The van der Waals surface area contributed by atoms with E-state index >= 15 is 0 Å². The van der Waals surface area contributed by atoms with Crippen molar-refractivity contribution >= 4 is 22.6 Å². The van der Waals surface area contributed by atoms with Gasteiger partial charge in [0.25, 0.3) is 5.56 Å². The van der Waals surface area contributed by atoms with Crippen molar-refractivity contribution in [2.45, 2.75) is 45.4 Å². The number of anilines is 1. The summed E-state index contributed by atoms with van der Waals surface area (Å²) >= 11 is 0. The Kier molecular flexibility index (Phi) is 5.19. The number of pyridine rings is 1. The predicted octanol–water partition coefficient (Wildman–Crippen LogP) is 4.00. The van der Waals surface area contributed by atoms with Crippen molar-refractivity contribution in [2.24, 2.45) is 5.92 Å². The average Bonchev–Trinajstić information content (AvgIpc) is 2.70. The van der Waals surface area contributed by atoms with Crippen LogP contribution in [0, 0.1) is 12.8 Å². The van der Waals surface area contributed by atoms with Crippen molar-refractivity contribution in [3.05, 3.63) is 58.8 Å². The molecule has 0 spiro atoms. The molecule has 1 saturated carbocycles. The van der Waals surface area contributed by atoms with Crippen LogP contribution >= 0.6 is 0 Å². The van der Waals surface area contributed by atoms with Gasteiger partial charge >= 0.3 is 0 Å². The number of rotatable bonds is 4. The number of hydrogen-bond acceptors (Lipinski definition) is 4. The molecule has 1 N–H and O–H groups in total. The number of fused-ring (bicyclic) bond motifs is 1. The molecule has 0 aliphatic heterocycles. The highest BCUT2D eigenvalue weighted by atomic mass is 16.1. The summed E-state index contributed by atoms with van der Waals surface area (Å²) in [6.07, 6.45) is 8.27. The van der Waals surface area contributed by atoms with E-state index in [-0.39, 0.29) is 11.5 Å². The molecule has 0 saturated heterocycles. The Morgan fingerprint density at radius 1 is 1.14 bits per heavy atom. The van der Waals surface area contributed by atoms with Crippen molar-refractivity contribution < 1.29 is 4.79 Å². The minimum Gasteiger partial charge on any atom is -0.326 e. The molecule has 0 unspecified atom stereocenters. The molecule has 2 heterocycles. The standard InChI is InChI=1S/C22H24N4O2/c1-15-24-21-19(8-5-13-23-21)22(28)26(15)18-11-9-17(10-12-18)25-20(27)14-16-6-3-2-4-7-16/h5,8-13,16H,2-4,6-7,14H2,1H3,(H,25,27). The maximum Gasteiger partial charge on any atom is 0.267 e. The molecule has 0 bridgehead atoms. The average molecular weight is 376 g/mol. The van der Waals surface area contributed by atoms with Gasteiger partial charge < -0.3 is 5.32 Å². The third-order valence-electron chi connectivity index (χ3n) is 5.42. The highest BCUT2D eigenvalue weighted by Gasteiger charge is 2.17. The van der Waals surface area contributed by atoms with E-state index in [1.54, 1.807) is 29.8 Å². The molecule has 1 aromatic carbocycles. The lowest BCUT2D eigenvalue weighted by Crippen LogP contribution is -2.22. The van der Waals surface area contributed by atoms with Gasteiger partial charge in [-0.3, -0.25) is 14.2 Å². The van der Waals surface area contributed by atoms with E-state index in [9.17, 15) is 9.59 Å².